The predicted octanol–water partition coefficient (Wildman–Crippen LogP) is 4.37. The normalized spacial score (nSPS) is 12.3. The summed E-state index contributed by atoms with van der Waals surface area (Å²) in [4.78, 5) is 0.543. The summed E-state index contributed by atoms with van der Waals surface area (Å²) < 4.78 is 5.99. The van der Waals surface area contributed by atoms with E-state index in [0.29, 0.717) is 11.6 Å². The quantitative estimate of drug-likeness (QED) is 0.819. The molecule has 0 spiro atoms. The molecule has 1 rings (SSSR count). The Bertz CT molecular complexity index is 486. The Morgan fingerprint density at radius 3 is 2.30 bits per heavy atom. The Morgan fingerprint density at radius 1 is 1.20 bits per heavy atom. The highest BCUT2D eigenvalue weighted by atomic mass is 32.1. The van der Waals surface area contributed by atoms with Crippen molar-refractivity contribution in [3.63, 3.8) is 0 Å². The van der Waals surface area contributed by atoms with Gasteiger partial charge >= 0.3 is 0 Å². The molecule has 0 aliphatic rings. The van der Waals surface area contributed by atoms with Gasteiger partial charge in [0, 0.05) is 5.41 Å². The Balaban J connectivity index is 2.82. The van der Waals surface area contributed by atoms with E-state index >= 15 is 0 Å². The van der Waals surface area contributed by atoms with E-state index in [1.165, 1.54) is 11.1 Å². The van der Waals surface area contributed by atoms with Crippen molar-refractivity contribution in [1.29, 1.82) is 0 Å². The maximum Gasteiger partial charge on any atom is 0.123 e. The van der Waals surface area contributed by atoms with Crippen LogP contribution in [-0.2, 0) is 5.41 Å². The van der Waals surface area contributed by atoms with Crippen LogP contribution in [-0.4, -0.2) is 11.6 Å². The summed E-state index contributed by atoms with van der Waals surface area (Å²) in [7, 11) is 0. The first-order chi connectivity index (χ1) is 9.04. The minimum atomic E-state index is -0.165. The van der Waals surface area contributed by atoms with Crippen LogP contribution in [0.1, 0.15) is 52.2 Å². The molecule has 0 bridgehead atoms. The van der Waals surface area contributed by atoms with Crippen molar-refractivity contribution in [3.8, 4) is 5.75 Å². The number of hydrogen-bond donors (Lipinski definition) is 1. The van der Waals surface area contributed by atoms with Gasteiger partial charge in [-0.25, -0.2) is 0 Å². The molecule has 20 heavy (non-hydrogen) atoms. The van der Waals surface area contributed by atoms with Gasteiger partial charge in [0.2, 0.25) is 0 Å². The van der Waals surface area contributed by atoms with Crippen LogP contribution in [0.2, 0.25) is 0 Å². The first-order valence-electron chi connectivity index (χ1n) is 7.08. The molecule has 1 aromatic rings. The second-order valence-corrected chi connectivity index (χ2v) is 7.54. The molecule has 0 saturated heterocycles. The van der Waals surface area contributed by atoms with E-state index in [1.54, 1.807) is 0 Å². The van der Waals surface area contributed by atoms with Crippen LogP contribution in [0.3, 0.4) is 0 Å². The molecule has 112 valence electrons. The average molecular weight is 293 g/mol. The van der Waals surface area contributed by atoms with Gasteiger partial charge in [0.15, 0.2) is 0 Å². The third-order valence-electron chi connectivity index (χ3n) is 3.59. The first kappa shape index (κ1) is 17.0. The van der Waals surface area contributed by atoms with E-state index in [0.717, 1.165) is 12.2 Å². The van der Waals surface area contributed by atoms with Crippen molar-refractivity contribution >= 4 is 17.2 Å². The average Bonchev–Trinajstić information content (AvgIpc) is 2.29. The summed E-state index contributed by atoms with van der Waals surface area (Å²) in [6.07, 6.45) is 0.819. The highest BCUT2D eigenvalue weighted by Crippen LogP contribution is 2.32. The van der Waals surface area contributed by atoms with E-state index in [2.05, 4.69) is 59.7 Å². The van der Waals surface area contributed by atoms with Crippen LogP contribution in [0, 0.1) is 12.3 Å². The maximum absolute atomic E-state index is 5.99. The molecule has 0 aliphatic heterocycles. The number of rotatable bonds is 5. The van der Waals surface area contributed by atoms with E-state index in [1.807, 2.05) is 0 Å². The van der Waals surface area contributed by atoms with Crippen molar-refractivity contribution in [2.24, 2.45) is 11.1 Å². The van der Waals surface area contributed by atoms with E-state index < -0.39 is 0 Å². The van der Waals surface area contributed by atoms with Crippen molar-refractivity contribution in [3.05, 3.63) is 29.3 Å². The molecule has 0 radical (unpaired) electrons. The number of ether oxygens (including phenoxy) is 1. The highest BCUT2D eigenvalue weighted by Gasteiger charge is 2.23. The number of thiocarbonyl (C=S) groups is 1. The van der Waals surface area contributed by atoms with Gasteiger partial charge in [-0.15, -0.1) is 0 Å². The Labute approximate surface area is 128 Å². The van der Waals surface area contributed by atoms with Gasteiger partial charge < -0.3 is 10.5 Å². The standard InChI is InChI=1S/C17H27NOS/c1-12-7-8-14(13(11-12)16(2,3)4)19-10-9-17(5,6)15(18)20/h7-8,11H,9-10H2,1-6H3,(H2,18,20). The molecule has 3 heteroatoms. The lowest BCUT2D eigenvalue weighted by molar-refractivity contribution is 0.265. The molecule has 0 aliphatic carbocycles. The van der Waals surface area contributed by atoms with E-state index in [4.69, 9.17) is 22.7 Å². The highest BCUT2D eigenvalue weighted by molar-refractivity contribution is 7.80. The zero-order chi connectivity index (χ0) is 15.6. The second kappa shape index (κ2) is 6.13. The first-order valence-corrected chi connectivity index (χ1v) is 7.49. The van der Waals surface area contributed by atoms with Gasteiger partial charge in [-0.1, -0.05) is 64.5 Å². The summed E-state index contributed by atoms with van der Waals surface area (Å²) in [5.74, 6) is 0.960. The number of nitrogens with two attached hydrogens (primary N) is 1. The van der Waals surface area contributed by atoms with Crippen molar-refractivity contribution < 1.29 is 4.74 Å². The van der Waals surface area contributed by atoms with Crippen molar-refractivity contribution in [2.45, 2.75) is 53.4 Å². The number of aryl methyl sites for hydroxylation is 1. The third kappa shape index (κ3) is 4.48. The maximum atomic E-state index is 5.99. The molecule has 0 fully saturated rings. The monoisotopic (exact) mass is 293 g/mol. The largest absolute Gasteiger partial charge is 0.493 e. The molecule has 1 aromatic carbocycles. The Hall–Kier alpha value is -1.09. The number of hydrogen-bond acceptors (Lipinski definition) is 2. The van der Waals surface area contributed by atoms with Crippen molar-refractivity contribution in [2.75, 3.05) is 6.61 Å². The molecular formula is C17H27NOS. The van der Waals surface area contributed by atoms with Gasteiger partial charge in [0.25, 0.3) is 0 Å². The fourth-order valence-electron chi connectivity index (χ4n) is 1.90. The number of benzene rings is 1. The molecular weight excluding hydrogens is 266 g/mol. The van der Waals surface area contributed by atoms with Crippen LogP contribution in [0.15, 0.2) is 18.2 Å². The summed E-state index contributed by atoms with van der Waals surface area (Å²) in [5, 5.41) is 0. The van der Waals surface area contributed by atoms with E-state index in [9.17, 15) is 0 Å². The minimum Gasteiger partial charge on any atom is -0.493 e. The molecule has 2 nitrogen and oxygen atoms in total. The van der Waals surface area contributed by atoms with E-state index in [-0.39, 0.29) is 10.8 Å². The fraction of sp³-hybridized carbons (Fsp3) is 0.588. The topological polar surface area (TPSA) is 35.2 Å². The Morgan fingerprint density at radius 2 is 1.80 bits per heavy atom. The van der Waals surface area contributed by atoms with Crippen LogP contribution in [0.4, 0.5) is 0 Å². The molecule has 2 N–H and O–H groups in total. The fourth-order valence-corrected chi connectivity index (χ4v) is 2.00. The zero-order valence-corrected chi connectivity index (χ0v) is 14.4. The molecule has 0 atom stereocenters. The lowest BCUT2D eigenvalue weighted by Gasteiger charge is -2.26. The molecule has 0 amide bonds. The zero-order valence-electron chi connectivity index (χ0n) is 13.5. The van der Waals surface area contributed by atoms with Crippen molar-refractivity contribution in [1.82, 2.24) is 0 Å². The van der Waals surface area contributed by atoms with Crippen LogP contribution in [0.5, 0.6) is 5.75 Å². The van der Waals surface area contributed by atoms with Gasteiger partial charge in [0.05, 0.1) is 11.6 Å². The third-order valence-corrected chi connectivity index (χ3v) is 4.15. The van der Waals surface area contributed by atoms with Crippen LogP contribution >= 0.6 is 12.2 Å². The predicted molar refractivity (Wildman–Crippen MR) is 90.6 cm³/mol. The lowest BCUT2D eigenvalue weighted by Crippen LogP contribution is -2.31. The van der Waals surface area contributed by atoms with Gasteiger partial charge in [0.1, 0.15) is 5.75 Å². The molecule has 0 aromatic heterocycles. The minimum absolute atomic E-state index is 0.0695. The summed E-state index contributed by atoms with van der Waals surface area (Å²) in [5.41, 5.74) is 8.15. The smallest absolute Gasteiger partial charge is 0.123 e. The molecule has 0 saturated carbocycles. The SMILES string of the molecule is Cc1ccc(OCCC(C)(C)C(N)=S)c(C(C)(C)C)c1. The van der Waals surface area contributed by atoms with Gasteiger partial charge in [-0.3, -0.25) is 0 Å². The summed E-state index contributed by atoms with van der Waals surface area (Å²) in [6, 6.07) is 6.35. The van der Waals surface area contributed by atoms with Crippen LogP contribution in [0.25, 0.3) is 0 Å². The van der Waals surface area contributed by atoms with Crippen LogP contribution < -0.4 is 10.5 Å². The van der Waals surface area contributed by atoms with Gasteiger partial charge in [-0.2, -0.15) is 0 Å². The Kier molecular flexibility index (Phi) is 5.20. The molecule has 0 unspecified atom stereocenters. The summed E-state index contributed by atoms with van der Waals surface area (Å²) >= 11 is 5.09. The lowest BCUT2D eigenvalue weighted by atomic mass is 9.85. The van der Waals surface area contributed by atoms with Gasteiger partial charge in [-0.05, 0) is 30.4 Å². The molecule has 0 heterocycles. The second-order valence-electron chi connectivity index (χ2n) is 7.10. The summed E-state index contributed by atoms with van der Waals surface area (Å²) in [6.45, 7) is 13.4.